The minimum Gasteiger partial charge on any atom is -0.344 e. The Morgan fingerprint density at radius 2 is 1.72 bits per heavy atom. The molecule has 3 aromatic rings. The van der Waals surface area contributed by atoms with Crippen LogP contribution in [0.1, 0.15) is 72.4 Å². The first kappa shape index (κ1) is 34.0. The van der Waals surface area contributed by atoms with Crippen molar-refractivity contribution in [2.24, 2.45) is 5.92 Å². The van der Waals surface area contributed by atoms with E-state index in [0.717, 1.165) is 31.7 Å². The number of likely N-dealkylation sites (N-methyl/N-ethyl adjacent to an activating group) is 1. The fourth-order valence-electron chi connectivity index (χ4n) is 6.11. The Kier molecular flexibility index (Phi) is 11.2. The van der Waals surface area contributed by atoms with Crippen LogP contribution in [0.15, 0.2) is 36.5 Å². The number of hydrogen-bond acceptors (Lipinski definition) is 9. The summed E-state index contributed by atoms with van der Waals surface area (Å²) in [7, 11) is 2.10. The molecule has 47 heavy (non-hydrogen) atoms. The van der Waals surface area contributed by atoms with Crippen molar-refractivity contribution in [1.29, 1.82) is 0 Å². The molecule has 0 unspecified atom stereocenters. The lowest BCUT2D eigenvalue weighted by atomic mass is 9.97. The van der Waals surface area contributed by atoms with Gasteiger partial charge in [-0.1, -0.05) is 50.6 Å². The van der Waals surface area contributed by atoms with Crippen LogP contribution in [0.3, 0.4) is 0 Å². The molecule has 1 aromatic carbocycles. The van der Waals surface area contributed by atoms with E-state index < -0.39 is 12.1 Å². The van der Waals surface area contributed by atoms with Gasteiger partial charge in [0.15, 0.2) is 0 Å². The molecule has 1 fully saturated rings. The summed E-state index contributed by atoms with van der Waals surface area (Å²) in [5.41, 5.74) is 2.09. The van der Waals surface area contributed by atoms with E-state index in [1.807, 2.05) is 58.0 Å². The summed E-state index contributed by atoms with van der Waals surface area (Å²) in [4.78, 5) is 61.2. The van der Waals surface area contributed by atoms with Gasteiger partial charge < -0.3 is 25.3 Å². The average Bonchev–Trinajstić information content (AvgIpc) is 3.44. The van der Waals surface area contributed by atoms with Crippen LogP contribution in [-0.4, -0.2) is 105 Å². The summed E-state index contributed by atoms with van der Waals surface area (Å²) < 4.78 is 1.80. The lowest BCUT2D eigenvalue weighted by Gasteiger charge is -2.32. The summed E-state index contributed by atoms with van der Waals surface area (Å²) in [6.45, 7) is 12.2. The van der Waals surface area contributed by atoms with Gasteiger partial charge in [-0.2, -0.15) is 5.10 Å². The first-order valence-corrected chi connectivity index (χ1v) is 16.7. The summed E-state index contributed by atoms with van der Waals surface area (Å²) in [6, 6.07) is 8.70. The number of aryl methyl sites for hydroxylation is 2. The number of nitrogens with one attached hydrogen (secondary N) is 2. The molecule has 2 aromatic heterocycles. The number of hydrogen-bond donors (Lipinski definition) is 2. The number of fused-ring (bicyclic) bond motifs is 1. The SMILES string of the molecule is CC[C@H](C)[C@@H]1NC(=O)CCCN(C(=O)c2cnc(N3CCN(C)CC3)nc2C)CCn2nc(C)nc2[C@H](Cc2ccccc2)NC1=O. The number of aromatic nitrogens is 5. The van der Waals surface area contributed by atoms with Gasteiger partial charge in [-0.3, -0.25) is 14.4 Å². The highest BCUT2D eigenvalue weighted by molar-refractivity contribution is 5.95. The second kappa shape index (κ2) is 15.5. The second-order valence-corrected chi connectivity index (χ2v) is 12.8. The predicted octanol–water partition coefficient (Wildman–Crippen LogP) is 2.30. The Morgan fingerprint density at radius 3 is 2.43 bits per heavy atom. The van der Waals surface area contributed by atoms with E-state index in [0.29, 0.717) is 67.8 Å². The molecule has 0 aliphatic carbocycles. The van der Waals surface area contributed by atoms with Crippen molar-refractivity contribution < 1.29 is 14.4 Å². The van der Waals surface area contributed by atoms with Crippen LogP contribution < -0.4 is 15.5 Å². The largest absolute Gasteiger partial charge is 0.344 e. The van der Waals surface area contributed by atoms with Crippen LogP contribution >= 0.6 is 0 Å². The van der Waals surface area contributed by atoms with Gasteiger partial charge in [-0.25, -0.2) is 19.6 Å². The van der Waals surface area contributed by atoms with Gasteiger partial charge in [0.1, 0.15) is 17.7 Å². The van der Waals surface area contributed by atoms with Crippen molar-refractivity contribution in [3.8, 4) is 0 Å². The molecule has 3 amide bonds. The molecule has 3 atom stereocenters. The Hall–Kier alpha value is -4.39. The first-order valence-electron chi connectivity index (χ1n) is 16.7. The molecule has 1 saturated heterocycles. The maximum absolute atomic E-state index is 14.0. The fraction of sp³-hybridized carbons (Fsp3) is 0.559. The zero-order valence-corrected chi connectivity index (χ0v) is 28.3. The third-order valence-corrected chi connectivity index (χ3v) is 9.21. The van der Waals surface area contributed by atoms with Crippen LogP contribution in [0.25, 0.3) is 0 Å². The minimum atomic E-state index is -0.706. The van der Waals surface area contributed by atoms with Gasteiger partial charge in [0.25, 0.3) is 5.91 Å². The highest BCUT2D eigenvalue weighted by Gasteiger charge is 2.31. The molecule has 0 bridgehead atoms. The van der Waals surface area contributed by atoms with Gasteiger partial charge in [0, 0.05) is 51.9 Å². The van der Waals surface area contributed by atoms with E-state index in [9.17, 15) is 14.4 Å². The zero-order chi connectivity index (χ0) is 33.5. The molecule has 2 aliphatic heterocycles. The smallest absolute Gasteiger partial charge is 0.257 e. The van der Waals surface area contributed by atoms with Crippen LogP contribution in [0.4, 0.5) is 5.95 Å². The normalized spacial score (nSPS) is 21.0. The van der Waals surface area contributed by atoms with E-state index >= 15 is 0 Å². The van der Waals surface area contributed by atoms with Gasteiger partial charge in [-0.15, -0.1) is 0 Å². The number of piperazine rings is 1. The number of carbonyl (C=O) groups excluding carboxylic acids is 3. The van der Waals surface area contributed by atoms with Crippen LogP contribution in [0, 0.1) is 19.8 Å². The summed E-state index contributed by atoms with van der Waals surface area (Å²) >= 11 is 0. The minimum absolute atomic E-state index is 0.0845. The monoisotopic (exact) mass is 644 g/mol. The molecular formula is C34H48N10O3. The maximum Gasteiger partial charge on any atom is 0.257 e. The second-order valence-electron chi connectivity index (χ2n) is 12.8. The van der Waals surface area contributed by atoms with Gasteiger partial charge in [-0.05, 0) is 45.2 Å². The molecule has 13 nitrogen and oxygen atoms in total. The number of rotatable bonds is 6. The number of anilines is 1. The molecular weight excluding hydrogens is 596 g/mol. The number of carbonyl (C=O) groups is 3. The van der Waals surface area contributed by atoms with E-state index in [1.165, 1.54) is 0 Å². The van der Waals surface area contributed by atoms with Crippen molar-refractivity contribution in [2.45, 2.75) is 72.0 Å². The third-order valence-electron chi connectivity index (χ3n) is 9.21. The van der Waals surface area contributed by atoms with Crippen LogP contribution in [0.5, 0.6) is 0 Å². The Morgan fingerprint density at radius 1 is 0.979 bits per heavy atom. The molecule has 2 aliphatic rings. The van der Waals surface area contributed by atoms with E-state index in [4.69, 9.17) is 9.97 Å². The quantitative estimate of drug-likeness (QED) is 0.414. The molecule has 0 radical (unpaired) electrons. The van der Waals surface area contributed by atoms with Crippen LogP contribution in [0.2, 0.25) is 0 Å². The molecule has 0 spiro atoms. The van der Waals surface area contributed by atoms with Crippen molar-refractivity contribution >= 4 is 23.7 Å². The third kappa shape index (κ3) is 8.51. The highest BCUT2D eigenvalue weighted by Crippen LogP contribution is 2.21. The first-order chi connectivity index (χ1) is 22.6. The summed E-state index contributed by atoms with van der Waals surface area (Å²) in [5.74, 6) is 1.08. The average molecular weight is 645 g/mol. The molecule has 5 rings (SSSR count). The molecule has 252 valence electrons. The van der Waals surface area contributed by atoms with Crippen LogP contribution in [-0.2, 0) is 22.6 Å². The van der Waals surface area contributed by atoms with Crippen molar-refractivity contribution in [2.75, 3.05) is 51.2 Å². The van der Waals surface area contributed by atoms with Gasteiger partial charge >= 0.3 is 0 Å². The zero-order valence-electron chi connectivity index (χ0n) is 28.3. The number of amides is 3. The van der Waals surface area contributed by atoms with Crippen molar-refractivity contribution in [1.82, 2.24) is 45.2 Å². The Balaban J connectivity index is 1.44. The predicted molar refractivity (Wildman–Crippen MR) is 179 cm³/mol. The molecule has 0 saturated carbocycles. The number of nitrogens with zero attached hydrogens (tertiary/aromatic N) is 8. The maximum atomic E-state index is 14.0. The summed E-state index contributed by atoms with van der Waals surface area (Å²) in [6.07, 6.45) is 3.46. The number of benzene rings is 1. The molecule has 2 N–H and O–H groups in total. The molecule has 13 heteroatoms. The molecule has 4 heterocycles. The fourth-order valence-corrected chi connectivity index (χ4v) is 6.11. The van der Waals surface area contributed by atoms with Gasteiger partial charge in [0.2, 0.25) is 17.8 Å². The lowest BCUT2D eigenvalue weighted by molar-refractivity contribution is -0.130. The van der Waals surface area contributed by atoms with Crippen molar-refractivity contribution in [3.63, 3.8) is 0 Å². The topological polar surface area (TPSA) is 141 Å². The van der Waals surface area contributed by atoms with E-state index in [-0.39, 0.29) is 30.1 Å². The van der Waals surface area contributed by atoms with Gasteiger partial charge in [0.05, 0.1) is 23.8 Å². The Bertz CT molecular complexity index is 1540. The summed E-state index contributed by atoms with van der Waals surface area (Å²) in [5, 5.41) is 10.9. The van der Waals surface area contributed by atoms with E-state index in [2.05, 4.69) is 37.6 Å². The van der Waals surface area contributed by atoms with Crippen molar-refractivity contribution in [3.05, 3.63) is 65.0 Å². The highest BCUT2D eigenvalue weighted by atomic mass is 16.2. The Labute approximate surface area is 277 Å². The van der Waals surface area contributed by atoms with E-state index in [1.54, 1.807) is 15.8 Å². The lowest BCUT2D eigenvalue weighted by Crippen LogP contribution is -2.51. The standard InChI is InChI=1S/C34H48N10O3/c1-6-23(2)30-32(46)38-28(21-26-11-8-7-9-12-26)31-37-25(4)40-44(31)20-19-42(14-10-13-29(45)39-30)33(47)27-22-35-34(36-24(27)3)43-17-15-41(5)16-18-43/h7-9,11-12,22-23,28,30H,6,10,13-21H2,1-5H3,(H,38,46)(H,39,45)/t23-,28-,30-/m0/s1.